The fraction of sp³-hybridized carbons (Fsp3) is 0.259. The van der Waals surface area contributed by atoms with E-state index in [2.05, 4.69) is 25.5 Å². The van der Waals surface area contributed by atoms with Gasteiger partial charge >= 0.3 is 0 Å². The molecule has 4 rings (SSSR count). The van der Waals surface area contributed by atoms with Crippen LogP contribution in [0.1, 0.15) is 31.8 Å². The van der Waals surface area contributed by atoms with E-state index in [-0.39, 0.29) is 28.5 Å². The van der Waals surface area contributed by atoms with E-state index in [1.165, 1.54) is 27.4 Å². The number of pyridine rings is 1. The smallest absolute Gasteiger partial charge is 0.259 e. The van der Waals surface area contributed by atoms with Crippen LogP contribution in [0.3, 0.4) is 0 Å². The second-order valence-corrected chi connectivity index (χ2v) is 8.40. The Labute approximate surface area is 215 Å². The molecule has 0 unspecified atom stereocenters. The molecule has 192 valence electrons. The first-order valence-electron chi connectivity index (χ1n) is 11.6. The molecule has 0 saturated carbocycles. The lowest BCUT2D eigenvalue weighted by molar-refractivity contribution is 0.102. The minimum Gasteiger partial charge on any atom is -0.493 e. The number of aliphatic imine (C=N–C) groups is 1. The van der Waals surface area contributed by atoms with Crippen molar-refractivity contribution in [1.82, 2.24) is 9.88 Å². The van der Waals surface area contributed by atoms with Gasteiger partial charge in [0.05, 0.1) is 33.4 Å². The third-order valence-corrected chi connectivity index (χ3v) is 5.93. The van der Waals surface area contributed by atoms with Crippen LogP contribution in [0.4, 0.5) is 11.5 Å². The molecule has 10 nitrogen and oxygen atoms in total. The second-order valence-electron chi connectivity index (χ2n) is 8.40. The number of aryl methyl sites for hydroxylation is 1. The normalized spacial score (nSPS) is 12.6. The van der Waals surface area contributed by atoms with Crippen LogP contribution in [-0.4, -0.2) is 69.0 Å². The number of anilines is 2. The summed E-state index contributed by atoms with van der Waals surface area (Å²) in [4.78, 5) is 37.4. The van der Waals surface area contributed by atoms with Crippen LogP contribution in [0.2, 0.25) is 0 Å². The Kier molecular flexibility index (Phi) is 7.57. The number of hydrogen-bond acceptors (Lipinski definition) is 8. The number of nitrogens with zero attached hydrogens (tertiary/aromatic N) is 3. The van der Waals surface area contributed by atoms with Crippen LogP contribution in [0.5, 0.6) is 17.2 Å². The van der Waals surface area contributed by atoms with Gasteiger partial charge < -0.3 is 29.7 Å². The van der Waals surface area contributed by atoms with Crippen LogP contribution in [0.25, 0.3) is 0 Å². The Morgan fingerprint density at radius 2 is 1.65 bits per heavy atom. The Morgan fingerprint density at radius 1 is 0.919 bits per heavy atom. The summed E-state index contributed by atoms with van der Waals surface area (Å²) in [5.74, 6) is 0.961. The van der Waals surface area contributed by atoms with Crippen molar-refractivity contribution in [1.29, 1.82) is 0 Å². The lowest BCUT2D eigenvalue weighted by atomic mass is 10.1. The highest BCUT2D eigenvalue weighted by Gasteiger charge is 2.26. The maximum Gasteiger partial charge on any atom is 0.259 e. The van der Waals surface area contributed by atoms with Crippen molar-refractivity contribution < 1.29 is 23.8 Å². The molecule has 37 heavy (non-hydrogen) atoms. The number of ether oxygens (including phenoxy) is 3. The number of methoxy groups -OCH3 is 3. The SMILES string of the molecule is COc1cc(C(=O)Nc2ccc(C)cn2)c(NC(=O)c2ccc(C3=NCCN3C)cc2)c(OC)c1OC. The number of rotatable bonds is 8. The van der Waals surface area contributed by atoms with E-state index in [9.17, 15) is 9.59 Å². The summed E-state index contributed by atoms with van der Waals surface area (Å²) in [5.41, 5.74) is 2.53. The zero-order chi connectivity index (χ0) is 26.5. The number of nitrogens with one attached hydrogen (secondary N) is 2. The molecule has 0 saturated heterocycles. The molecule has 0 spiro atoms. The zero-order valence-electron chi connectivity index (χ0n) is 21.4. The molecule has 2 aromatic carbocycles. The maximum atomic E-state index is 13.3. The number of carbonyl (C=O) groups is 2. The Morgan fingerprint density at radius 3 is 2.22 bits per heavy atom. The van der Waals surface area contributed by atoms with Crippen LogP contribution in [-0.2, 0) is 0 Å². The average molecular weight is 504 g/mol. The summed E-state index contributed by atoms with van der Waals surface area (Å²) in [6.07, 6.45) is 1.64. The summed E-state index contributed by atoms with van der Waals surface area (Å²) in [6.45, 7) is 3.51. The van der Waals surface area contributed by atoms with Gasteiger partial charge in [-0.1, -0.05) is 18.2 Å². The van der Waals surface area contributed by atoms with E-state index in [4.69, 9.17) is 14.2 Å². The third-order valence-electron chi connectivity index (χ3n) is 5.93. The summed E-state index contributed by atoms with van der Waals surface area (Å²) < 4.78 is 16.5. The van der Waals surface area contributed by atoms with Crippen molar-refractivity contribution in [2.75, 3.05) is 52.1 Å². The topological polar surface area (TPSA) is 114 Å². The predicted octanol–water partition coefficient (Wildman–Crippen LogP) is 3.61. The molecule has 1 aromatic heterocycles. The fourth-order valence-electron chi connectivity index (χ4n) is 3.99. The number of amidine groups is 1. The lowest BCUT2D eigenvalue weighted by Crippen LogP contribution is -2.23. The van der Waals surface area contributed by atoms with Gasteiger partial charge in [0, 0.05) is 30.9 Å². The molecule has 2 amide bonds. The van der Waals surface area contributed by atoms with Crippen LogP contribution in [0, 0.1) is 6.92 Å². The molecule has 10 heteroatoms. The first-order valence-corrected chi connectivity index (χ1v) is 11.6. The summed E-state index contributed by atoms with van der Waals surface area (Å²) in [6, 6.07) is 12.1. The zero-order valence-corrected chi connectivity index (χ0v) is 21.4. The number of likely N-dealkylation sites (N-methyl/N-ethyl adjacent to an activating group) is 1. The van der Waals surface area contributed by atoms with E-state index in [0.29, 0.717) is 11.4 Å². The monoisotopic (exact) mass is 503 g/mol. The van der Waals surface area contributed by atoms with Crippen molar-refractivity contribution in [2.24, 2.45) is 4.99 Å². The lowest BCUT2D eigenvalue weighted by Gasteiger charge is -2.20. The molecule has 0 radical (unpaired) electrons. The Hall–Kier alpha value is -4.60. The number of amides is 2. The summed E-state index contributed by atoms with van der Waals surface area (Å²) in [5, 5.41) is 5.58. The highest BCUT2D eigenvalue weighted by molar-refractivity contribution is 6.14. The quantitative estimate of drug-likeness (QED) is 0.483. The van der Waals surface area contributed by atoms with E-state index in [0.717, 1.165) is 30.1 Å². The maximum absolute atomic E-state index is 13.3. The van der Waals surface area contributed by atoms with Gasteiger partial charge in [0.2, 0.25) is 5.75 Å². The van der Waals surface area contributed by atoms with Gasteiger partial charge in [-0.2, -0.15) is 0 Å². The Balaban J connectivity index is 1.69. The van der Waals surface area contributed by atoms with E-state index in [1.807, 2.05) is 32.2 Å². The number of hydrogen-bond donors (Lipinski definition) is 2. The number of aromatic nitrogens is 1. The predicted molar refractivity (Wildman–Crippen MR) is 141 cm³/mol. The van der Waals surface area contributed by atoms with Gasteiger partial charge in [-0.3, -0.25) is 14.6 Å². The number of carbonyl (C=O) groups excluding carboxylic acids is 2. The van der Waals surface area contributed by atoms with Crippen molar-refractivity contribution >= 4 is 29.2 Å². The molecular weight excluding hydrogens is 474 g/mol. The molecule has 0 aliphatic carbocycles. The van der Waals surface area contributed by atoms with E-state index >= 15 is 0 Å². The van der Waals surface area contributed by atoms with Gasteiger partial charge in [0.1, 0.15) is 17.3 Å². The molecule has 1 aliphatic heterocycles. The first kappa shape index (κ1) is 25.5. The van der Waals surface area contributed by atoms with Gasteiger partial charge in [0.15, 0.2) is 11.5 Å². The molecule has 1 aliphatic rings. The highest BCUT2D eigenvalue weighted by Crippen LogP contribution is 2.45. The molecule has 3 aromatic rings. The molecule has 0 fully saturated rings. The highest BCUT2D eigenvalue weighted by atomic mass is 16.5. The third kappa shape index (κ3) is 5.32. The Bertz CT molecular complexity index is 1340. The van der Waals surface area contributed by atoms with Gasteiger partial charge in [0.25, 0.3) is 11.8 Å². The molecule has 0 bridgehead atoms. The van der Waals surface area contributed by atoms with Crippen molar-refractivity contribution in [3.63, 3.8) is 0 Å². The van der Waals surface area contributed by atoms with Gasteiger partial charge in [-0.15, -0.1) is 0 Å². The van der Waals surface area contributed by atoms with Crippen molar-refractivity contribution in [3.05, 3.63) is 70.9 Å². The largest absolute Gasteiger partial charge is 0.493 e. The van der Waals surface area contributed by atoms with E-state index in [1.54, 1.807) is 24.4 Å². The van der Waals surface area contributed by atoms with Crippen molar-refractivity contribution in [3.8, 4) is 17.2 Å². The fourth-order valence-corrected chi connectivity index (χ4v) is 3.99. The van der Waals surface area contributed by atoms with Crippen LogP contribution >= 0.6 is 0 Å². The number of benzene rings is 2. The average Bonchev–Trinajstić information content (AvgIpc) is 3.35. The first-order chi connectivity index (χ1) is 17.9. The summed E-state index contributed by atoms with van der Waals surface area (Å²) >= 11 is 0. The summed E-state index contributed by atoms with van der Waals surface area (Å²) in [7, 11) is 6.30. The second kappa shape index (κ2) is 11.0. The van der Waals surface area contributed by atoms with Crippen molar-refractivity contribution in [2.45, 2.75) is 6.92 Å². The molecule has 0 atom stereocenters. The van der Waals surface area contributed by atoms with Gasteiger partial charge in [-0.25, -0.2) is 4.98 Å². The molecular formula is C27H29N5O5. The standard InChI is InChI=1S/C27H29N5O5/c1-16-6-11-21(29-15-16)30-27(34)19-14-20(35-3)23(36-4)24(37-5)22(19)31-26(33)18-9-7-17(8-10-18)25-28-12-13-32(25)2/h6-11,14-15H,12-13H2,1-5H3,(H,31,33)(H,29,30,34). The molecule has 2 N–H and O–H groups in total. The molecule has 2 heterocycles. The minimum atomic E-state index is -0.511. The van der Waals surface area contributed by atoms with Crippen LogP contribution in [0.15, 0.2) is 53.7 Å². The van der Waals surface area contributed by atoms with Crippen LogP contribution < -0.4 is 24.8 Å². The minimum absolute atomic E-state index is 0.115. The van der Waals surface area contributed by atoms with Gasteiger partial charge in [-0.05, 0) is 36.8 Å². The van der Waals surface area contributed by atoms with E-state index < -0.39 is 11.8 Å².